The number of benzene rings is 1. The number of aromatic nitrogens is 4. The van der Waals surface area contributed by atoms with Gasteiger partial charge < -0.3 is 9.84 Å². The van der Waals surface area contributed by atoms with Crippen molar-refractivity contribution in [2.24, 2.45) is 0 Å². The Hall–Kier alpha value is -2.70. The minimum atomic E-state index is -0.0975. The first-order valence-electron chi connectivity index (χ1n) is 7.29. The summed E-state index contributed by atoms with van der Waals surface area (Å²) < 4.78 is 6.51. The summed E-state index contributed by atoms with van der Waals surface area (Å²) in [6.07, 6.45) is 3.42. The number of hydrogen-bond acceptors (Lipinski definition) is 6. The van der Waals surface area contributed by atoms with Crippen molar-refractivity contribution in [1.82, 2.24) is 19.9 Å². The molecule has 7 heteroatoms. The highest BCUT2D eigenvalue weighted by molar-refractivity contribution is 5.80. The Balaban J connectivity index is 1.66. The molecule has 0 bridgehead atoms. The molecule has 22 heavy (non-hydrogen) atoms. The molecule has 0 aliphatic heterocycles. The maximum atomic E-state index is 12.3. The van der Waals surface area contributed by atoms with Crippen molar-refractivity contribution in [3.8, 4) is 0 Å². The second-order valence-electron chi connectivity index (χ2n) is 4.95. The van der Waals surface area contributed by atoms with Crippen molar-refractivity contribution >= 4 is 16.7 Å². The largest absolute Gasteiger partial charge is 0.350 e. The van der Waals surface area contributed by atoms with Gasteiger partial charge >= 0.3 is 0 Å². The fourth-order valence-corrected chi connectivity index (χ4v) is 2.20. The van der Waals surface area contributed by atoms with E-state index in [-0.39, 0.29) is 5.56 Å². The van der Waals surface area contributed by atoms with Crippen LogP contribution in [0.1, 0.15) is 19.2 Å². The standard InChI is InChI=1S/C15H17N5O2/c1-2-5-13-18-15(19-22-13)16-8-9-20-14(21)12-7-4-3-6-11(12)10-17-20/h3-4,6-7,10H,2,5,8-9H2,1H3,(H,16,19). The van der Waals surface area contributed by atoms with E-state index < -0.39 is 0 Å². The number of rotatable bonds is 6. The van der Waals surface area contributed by atoms with Crippen LogP contribution in [0.5, 0.6) is 0 Å². The minimum absolute atomic E-state index is 0.0975. The molecule has 0 aliphatic carbocycles. The Morgan fingerprint density at radius 1 is 1.32 bits per heavy atom. The van der Waals surface area contributed by atoms with Crippen molar-refractivity contribution in [2.75, 3.05) is 11.9 Å². The smallest absolute Gasteiger partial charge is 0.274 e. The maximum Gasteiger partial charge on any atom is 0.274 e. The van der Waals surface area contributed by atoms with E-state index in [9.17, 15) is 4.79 Å². The summed E-state index contributed by atoms with van der Waals surface area (Å²) in [5, 5.41) is 12.6. The maximum absolute atomic E-state index is 12.3. The molecule has 1 aromatic carbocycles. The second-order valence-corrected chi connectivity index (χ2v) is 4.95. The van der Waals surface area contributed by atoms with Gasteiger partial charge in [-0.2, -0.15) is 10.1 Å². The van der Waals surface area contributed by atoms with Gasteiger partial charge in [-0.25, -0.2) is 4.68 Å². The monoisotopic (exact) mass is 299 g/mol. The third-order valence-electron chi connectivity index (χ3n) is 3.30. The van der Waals surface area contributed by atoms with Gasteiger partial charge in [-0.15, -0.1) is 0 Å². The third kappa shape index (κ3) is 2.98. The van der Waals surface area contributed by atoms with Crippen LogP contribution < -0.4 is 10.9 Å². The van der Waals surface area contributed by atoms with Crippen LogP contribution in [-0.2, 0) is 13.0 Å². The number of nitrogens with zero attached hydrogens (tertiary/aromatic N) is 4. The van der Waals surface area contributed by atoms with Crippen LogP contribution in [0.3, 0.4) is 0 Å². The Morgan fingerprint density at radius 2 is 2.18 bits per heavy atom. The summed E-state index contributed by atoms with van der Waals surface area (Å²) in [6, 6.07) is 7.42. The first-order chi connectivity index (χ1) is 10.8. The van der Waals surface area contributed by atoms with E-state index in [0.717, 1.165) is 18.2 Å². The zero-order valence-electron chi connectivity index (χ0n) is 12.3. The molecule has 2 aromatic heterocycles. The topological polar surface area (TPSA) is 85.8 Å². The number of hydrogen-bond donors (Lipinski definition) is 1. The lowest BCUT2D eigenvalue weighted by Gasteiger charge is -2.05. The van der Waals surface area contributed by atoms with Gasteiger partial charge in [0.05, 0.1) is 18.1 Å². The van der Waals surface area contributed by atoms with E-state index in [0.29, 0.717) is 30.3 Å². The fraction of sp³-hybridized carbons (Fsp3) is 0.333. The highest BCUT2D eigenvalue weighted by atomic mass is 16.5. The van der Waals surface area contributed by atoms with Crippen molar-refractivity contribution in [1.29, 1.82) is 0 Å². The summed E-state index contributed by atoms with van der Waals surface area (Å²) in [6.45, 7) is 2.98. The van der Waals surface area contributed by atoms with Crippen LogP contribution in [-0.4, -0.2) is 26.5 Å². The molecule has 0 saturated carbocycles. The van der Waals surface area contributed by atoms with E-state index >= 15 is 0 Å². The SMILES string of the molecule is CCCc1nc(NCCn2ncc3ccccc3c2=O)no1. The van der Waals surface area contributed by atoms with E-state index in [1.165, 1.54) is 4.68 Å². The van der Waals surface area contributed by atoms with Crippen molar-refractivity contribution in [2.45, 2.75) is 26.3 Å². The second kappa shape index (κ2) is 6.38. The predicted molar refractivity (Wildman–Crippen MR) is 82.8 cm³/mol. The summed E-state index contributed by atoms with van der Waals surface area (Å²) in [5.74, 6) is 1.06. The molecule has 0 fully saturated rings. The third-order valence-corrected chi connectivity index (χ3v) is 3.30. The fourth-order valence-electron chi connectivity index (χ4n) is 2.20. The Morgan fingerprint density at radius 3 is 3.05 bits per heavy atom. The van der Waals surface area contributed by atoms with Crippen molar-refractivity contribution in [3.63, 3.8) is 0 Å². The molecule has 0 unspecified atom stereocenters. The molecule has 3 aromatic rings. The number of nitrogens with one attached hydrogen (secondary N) is 1. The summed E-state index contributed by atoms with van der Waals surface area (Å²) >= 11 is 0. The molecule has 0 radical (unpaired) electrons. The van der Waals surface area contributed by atoms with Gasteiger partial charge in [-0.3, -0.25) is 4.79 Å². The van der Waals surface area contributed by atoms with Gasteiger partial charge in [-0.05, 0) is 17.6 Å². The van der Waals surface area contributed by atoms with Crippen LogP contribution in [0.25, 0.3) is 10.8 Å². The average molecular weight is 299 g/mol. The van der Waals surface area contributed by atoms with E-state index in [4.69, 9.17) is 4.52 Å². The quantitative estimate of drug-likeness (QED) is 0.747. The first-order valence-corrected chi connectivity index (χ1v) is 7.29. The lowest BCUT2D eigenvalue weighted by atomic mass is 10.2. The molecule has 114 valence electrons. The van der Waals surface area contributed by atoms with Crippen LogP contribution in [0.2, 0.25) is 0 Å². The van der Waals surface area contributed by atoms with E-state index in [1.807, 2.05) is 18.2 Å². The van der Waals surface area contributed by atoms with Gasteiger partial charge in [0, 0.05) is 18.4 Å². The van der Waals surface area contributed by atoms with Crippen molar-refractivity contribution < 1.29 is 4.52 Å². The van der Waals surface area contributed by atoms with Crippen LogP contribution in [0, 0.1) is 0 Å². The molecule has 2 heterocycles. The van der Waals surface area contributed by atoms with Gasteiger partial charge in [-0.1, -0.05) is 25.1 Å². The van der Waals surface area contributed by atoms with Crippen LogP contribution in [0.15, 0.2) is 39.8 Å². The Labute approximate surface area is 127 Å². The van der Waals surface area contributed by atoms with E-state index in [1.54, 1.807) is 12.3 Å². The molecular formula is C15H17N5O2. The molecule has 0 spiro atoms. The molecule has 1 N–H and O–H groups in total. The van der Waals surface area contributed by atoms with E-state index in [2.05, 4.69) is 27.5 Å². The number of anilines is 1. The van der Waals surface area contributed by atoms with Crippen LogP contribution >= 0.6 is 0 Å². The predicted octanol–water partition coefficient (Wildman–Crippen LogP) is 1.84. The number of fused-ring (bicyclic) bond motifs is 1. The van der Waals surface area contributed by atoms with Gasteiger partial charge in [0.15, 0.2) is 0 Å². The normalized spacial score (nSPS) is 11.0. The lowest BCUT2D eigenvalue weighted by molar-refractivity contribution is 0.378. The zero-order valence-corrected chi connectivity index (χ0v) is 12.3. The summed E-state index contributed by atoms with van der Waals surface area (Å²) in [5.41, 5.74) is -0.0975. The summed E-state index contributed by atoms with van der Waals surface area (Å²) in [7, 11) is 0. The first kappa shape index (κ1) is 14.2. The lowest BCUT2D eigenvalue weighted by Crippen LogP contribution is -2.26. The van der Waals surface area contributed by atoms with Gasteiger partial charge in [0.2, 0.25) is 5.89 Å². The molecule has 0 saturated heterocycles. The average Bonchev–Trinajstić information content (AvgIpc) is 2.98. The molecule has 7 nitrogen and oxygen atoms in total. The zero-order chi connectivity index (χ0) is 15.4. The van der Waals surface area contributed by atoms with Crippen LogP contribution in [0.4, 0.5) is 5.95 Å². The molecular weight excluding hydrogens is 282 g/mol. The molecule has 0 amide bonds. The Kier molecular flexibility index (Phi) is 4.13. The number of aryl methyl sites for hydroxylation is 1. The molecule has 0 aliphatic rings. The highest BCUT2D eigenvalue weighted by Gasteiger charge is 2.06. The molecule has 3 rings (SSSR count). The van der Waals surface area contributed by atoms with Crippen molar-refractivity contribution in [3.05, 3.63) is 46.7 Å². The van der Waals surface area contributed by atoms with Gasteiger partial charge in [0.1, 0.15) is 0 Å². The minimum Gasteiger partial charge on any atom is -0.350 e. The Bertz CT molecular complexity index is 824. The summed E-state index contributed by atoms with van der Waals surface area (Å²) in [4.78, 5) is 16.5. The molecule has 0 atom stereocenters. The van der Waals surface area contributed by atoms with Gasteiger partial charge in [0.25, 0.3) is 11.5 Å². The highest BCUT2D eigenvalue weighted by Crippen LogP contribution is 2.07.